The van der Waals surface area contributed by atoms with Gasteiger partial charge in [0.15, 0.2) is 0 Å². The van der Waals surface area contributed by atoms with Crippen LogP contribution in [0.5, 0.6) is 0 Å². The molecule has 0 N–H and O–H groups in total. The molecule has 0 fully saturated rings. The van der Waals surface area contributed by atoms with Gasteiger partial charge in [-0.15, -0.1) is 0 Å². The summed E-state index contributed by atoms with van der Waals surface area (Å²) in [5, 5.41) is 0. The van der Waals surface area contributed by atoms with Gasteiger partial charge >= 0.3 is 11.9 Å². The first kappa shape index (κ1) is 27.2. The normalized spacial score (nSPS) is 14.7. The quantitative estimate of drug-likeness (QED) is 0.370. The minimum Gasteiger partial charge on any atom is -0.460 e. The Kier molecular flexibility index (Phi) is 11.8. The van der Waals surface area contributed by atoms with Crippen molar-refractivity contribution < 1.29 is 23.8 Å². The van der Waals surface area contributed by atoms with E-state index in [1.165, 1.54) is 5.56 Å². The molecular weight excluding hydrogens is 392 g/mol. The summed E-state index contributed by atoms with van der Waals surface area (Å²) < 4.78 is 17.3. The monoisotopic (exact) mass is 434 g/mol. The summed E-state index contributed by atoms with van der Waals surface area (Å²) in [7, 11) is 0. The lowest BCUT2D eigenvalue weighted by molar-refractivity contribution is -0.168. The van der Waals surface area contributed by atoms with E-state index in [4.69, 9.17) is 14.2 Å². The Morgan fingerprint density at radius 1 is 1.00 bits per heavy atom. The largest absolute Gasteiger partial charge is 0.460 e. The summed E-state index contributed by atoms with van der Waals surface area (Å²) in [6, 6.07) is 10.2. The van der Waals surface area contributed by atoms with E-state index in [-0.39, 0.29) is 24.5 Å². The van der Waals surface area contributed by atoms with Crippen molar-refractivity contribution >= 4 is 11.9 Å². The average molecular weight is 435 g/mol. The summed E-state index contributed by atoms with van der Waals surface area (Å²) in [4.78, 5) is 25.1. The lowest BCUT2D eigenvalue weighted by Gasteiger charge is -2.27. The number of benzene rings is 1. The highest BCUT2D eigenvalue weighted by molar-refractivity contribution is 5.80. The first-order valence-corrected chi connectivity index (χ1v) is 11.6. The van der Waals surface area contributed by atoms with E-state index in [2.05, 4.69) is 26.0 Å². The third-order valence-corrected chi connectivity index (χ3v) is 4.83. The second-order valence-corrected chi connectivity index (χ2v) is 9.71. The molecule has 0 aliphatic carbocycles. The standard InChI is InChI=1S/C26H42O5/c1-8-12-22(17-24(27)31-26(5,6)7)25(28)30-20(4)23(29-18-19(2)3)16-15-21-13-10-9-11-14-21/h9-11,13-14,19-20,22-23H,8,12,15-18H2,1-7H3/t20-,22+,23+/m0/s1. The molecule has 0 unspecified atom stereocenters. The molecule has 0 radical (unpaired) electrons. The van der Waals surface area contributed by atoms with E-state index >= 15 is 0 Å². The summed E-state index contributed by atoms with van der Waals surface area (Å²) in [5.74, 6) is -0.824. The molecule has 0 aromatic heterocycles. The first-order chi connectivity index (χ1) is 14.5. The Bertz CT molecular complexity index is 648. The van der Waals surface area contributed by atoms with Gasteiger partial charge in [0, 0.05) is 6.61 Å². The second-order valence-electron chi connectivity index (χ2n) is 9.71. The minimum absolute atomic E-state index is 0.0399. The predicted octanol–water partition coefficient (Wildman–Crippen LogP) is 5.74. The molecule has 0 aliphatic rings. The number of rotatable bonds is 13. The number of carbonyl (C=O) groups is 2. The maximum Gasteiger partial charge on any atom is 0.309 e. The Balaban J connectivity index is 2.75. The fourth-order valence-corrected chi connectivity index (χ4v) is 3.31. The fourth-order valence-electron chi connectivity index (χ4n) is 3.31. The van der Waals surface area contributed by atoms with E-state index in [1.54, 1.807) is 0 Å². The van der Waals surface area contributed by atoms with Gasteiger partial charge in [0.2, 0.25) is 0 Å². The molecule has 0 bridgehead atoms. The molecule has 176 valence electrons. The van der Waals surface area contributed by atoms with Crippen LogP contribution in [0, 0.1) is 11.8 Å². The zero-order valence-corrected chi connectivity index (χ0v) is 20.5. The molecule has 31 heavy (non-hydrogen) atoms. The summed E-state index contributed by atoms with van der Waals surface area (Å²) >= 11 is 0. The number of hydrogen-bond acceptors (Lipinski definition) is 5. The molecule has 1 rings (SSSR count). The molecule has 0 saturated heterocycles. The van der Waals surface area contributed by atoms with Gasteiger partial charge < -0.3 is 14.2 Å². The molecule has 5 heteroatoms. The number of hydrogen-bond donors (Lipinski definition) is 0. The highest BCUT2D eigenvalue weighted by Crippen LogP contribution is 2.21. The molecule has 1 aromatic carbocycles. The molecule has 3 atom stereocenters. The Morgan fingerprint density at radius 3 is 2.19 bits per heavy atom. The lowest BCUT2D eigenvalue weighted by Crippen LogP contribution is -2.35. The van der Waals surface area contributed by atoms with Crippen molar-refractivity contribution in [1.29, 1.82) is 0 Å². The topological polar surface area (TPSA) is 61.8 Å². The van der Waals surface area contributed by atoms with Gasteiger partial charge in [-0.1, -0.05) is 57.5 Å². The Morgan fingerprint density at radius 2 is 1.65 bits per heavy atom. The van der Waals surface area contributed by atoms with Crippen LogP contribution in [0.25, 0.3) is 0 Å². The van der Waals surface area contributed by atoms with E-state index < -0.39 is 17.6 Å². The van der Waals surface area contributed by atoms with Crippen LogP contribution in [0.3, 0.4) is 0 Å². The van der Waals surface area contributed by atoms with Crippen LogP contribution < -0.4 is 0 Å². The molecule has 0 spiro atoms. The van der Waals surface area contributed by atoms with Gasteiger partial charge in [-0.25, -0.2) is 0 Å². The lowest BCUT2D eigenvalue weighted by atomic mass is 9.99. The molecule has 0 aliphatic heterocycles. The maximum absolute atomic E-state index is 12.9. The zero-order valence-electron chi connectivity index (χ0n) is 20.5. The van der Waals surface area contributed by atoms with Crippen molar-refractivity contribution in [3.8, 4) is 0 Å². The third kappa shape index (κ3) is 11.9. The average Bonchev–Trinajstić information content (AvgIpc) is 2.66. The Hall–Kier alpha value is -1.88. The van der Waals surface area contributed by atoms with E-state index in [1.807, 2.05) is 52.8 Å². The van der Waals surface area contributed by atoms with Crippen LogP contribution in [0.15, 0.2) is 30.3 Å². The molecule has 0 amide bonds. The number of ether oxygens (including phenoxy) is 3. The van der Waals surface area contributed by atoms with E-state index in [9.17, 15) is 9.59 Å². The summed E-state index contributed by atoms with van der Waals surface area (Å²) in [5.41, 5.74) is 0.658. The first-order valence-electron chi connectivity index (χ1n) is 11.6. The van der Waals surface area contributed by atoms with Gasteiger partial charge in [-0.05, 0) is 58.4 Å². The Labute approximate surface area is 188 Å². The van der Waals surface area contributed by atoms with Crippen molar-refractivity contribution in [1.82, 2.24) is 0 Å². The zero-order chi connectivity index (χ0) is 23.4. The van der Waals surface area contributed by atoms with Crippen LogP contribution in [0.2, 0.25) is 0 Å². The predicted molar refractivity (Wildman–Crippen MR) is 124 cm³/mol. The van der Waals surface area contributed by atoms with Gasteiger partial charge in [-0.3, -0.25) is 9.59 Å². The van der Waals surface area contributed by atoms with Gasteiger partial charge in [0.25, 0.3) is 0 Å². The molecular formula is C26H42O5. The van der Waals surface area contributed by atoms with Crippen LogP contribution in [0.1, 0.15) is 79.7 Å². The highest BCUT2D eigenvalue weighted by atomic mass is 16.6. The van der Waals surface area contributed by atoms with E-state index in [0.717, 1.165) is 19.3 Å². The van der Waals surface area contributed by atoms with Crippen LogP contribution in [0.4, 0.5) is 0 Å². The van der Waals surface area contributed by atoms with Gasteiger partial charge in [0.1, 0.15) is 11.7 Å². The summed E-state index contributed by atoms with van der Waals surface area (Å²) in [6.07, 6.45) is 2.43. The van der Waals surface area contributed by atoms with Crippen LogP contribution >= 0.6 is 0 Å². The van der Waals surface area contributed by atoms with Crippen molar-refractivity contribution in [2.75, 3.05) is 6.61 Å². The molecule has 0 saturated carbocycles. The molecule has 5 nitrogen and oxygen atoms in total. The smallest absolute Gasteiger partial charge is 0.309 e. The number of esters is 2. The fraction of sp³-hybridized carbons (Fsp3) is 0.692. The second kappa shape index (κ2) is 13.5. The molecule has 0 heterocycles. The van der Waals surface area contributed by atoms with Gasteiger partial charge in [0.05, 0.1) is 18.4 Å². The van der Waals surface area contributed by atoms with E-state index in [0.29, 0.717) is 18.9 Å². The third-order valence-electron chi connectivity index (χ3n) is 4.83. The number of aryl methyl sites for hydroxylation is 1. The van der Waals surface area contributed by atoms with Crippen molar-refractivity contribution in [2.45, 2.75) is 98.4 Å². The van der Waals surface area contributed by atoms with Crippen molar-refractivity contribution in [2.24, 2.45) is 11.8 Å². The minimum atomic E-state index is -0.571. The maximum atomic E-state index is 12.9. The van der Waals surface area contributed by atoms with Gasteiger partial charge in [-0.2, -0.15) is 0 Å². The summed E-state index contributed by atoms with van der Waals surface area (Å²) in [6.45, 7) is 14.2. The van der Waals surface area contributed by atoms with Crippen molar-refractivity contribution in [3.63, 3.8) is 0 Å². The SMILES string of the molecule is CCC[C@H](CC(=O)OC(C)(C)C)C(=O)O[C@@H](C)[C@@H](CCc1ccccc1)OCC(C)C. The van der Waals surface area contributed by atoms with Crippen LogP contribution in [-0.4, -0.2) is 36.4 Å². The molecule has 1 aromatic rings. The van der Waals surface area contributed by atoms with Crippen LogP contribution in [-0.2, 0) is 30.2 Å². The number of carbonyl (C=O) groups excluding carboxylic acids is 2. The highest BCUT2D eigenvalue weighted by Gasteiger charge is 2.29. The van der Waals surface area contributed by atoms with Crippen molar-refractivity contribution in [3.05, 3.63) is 35.9 Å².